The van der Waals surface area contributed by atoms with E-state index < -0.39 is 5.97 Å². The molecule has 106 valence electrons. The molecule has 0 N–H and O–H groups in total. The first kappa shape index (κ1) is 12.6. The number of furan rings is 1. The molecule has 4 heteroatoms. The molecule has 4 nitrogen and oxygen atoms in total. The molecule has 1 aliphatic heterocycles. The summed E-state index contributed by atoms with van der Waals surface area (Å²) >= 11 is 0. The highest BCUT2D eigenvalue weighted by Crippen LogP contribution is 2.25. The molecule has 0 fully saturated rings. The first-order valence-electron chi connectivity index (χ1n) is 6.86. The first-order chi connectivity index (χ1) is 10.8. The number of benzene rings is 2. The fourth-order valence-electron chi connectivity index (χ4n) is 2.53. The van der Waals surface area contributed by atoms with Crippen LogP contribution in [0.2, 0.25) is 0 Å². The van der Waals surface area contributed by atoms with Crippen molar-refractivity contribution in [2.45, 2.75) is 0 Å². The van der Waals surface area contributed by atoms with Crippen molar-refractivity contribution >= 4 is 28.5 Å². The highest BCUT2D eigenvalue weighted by atomic mass is 16.7. The molecule has 0 saturated heterocycles. The molecular weight excluding hydrogens is 278 g/mol. The molecule has 0 aliphatic carbocycles. The zero-order valence-electron chi connectivity index (χ0n) is 11.5. The molecule has 0 radical (unpaired) electrons. The van der Waals surface area contributed by atoms with E-state index in [-0.39, 0.29) is 0 Å². The van der Waals surface area contributed by atoms with Gasteiger partial charge in [0.05, 0.1) is 11.8 Å². The van der Waals surface area contributed by atoms with Gasteiger partial charge in [-0.1, -0.05) is 47.6 Å². The minimum absolute atomic E-state index is 0.395. The van der Waals surface area contributed by atoms with Gasteiger partial charge in [0.1, 0.15) is 0 Å². The third-order valence-corrected chi connectivity index (χ3v) is 3.57. The van der Waals surface area contributed by atoms with Crippen LogP contribution in [0.3, 0.4) is 0 Å². The zero-order chi connectivity index (χ0) is 14.9. The van der Waals surface area contributed by atoms with E-state index in [0.29, 0.717) is 17.0 Å². The summed E-state index contributed by atoms with van der Waals surface area (Å²) < 4.78 is 5.32. The van der Waals surface area contributed by atoms with E-state index in [9.17, 15) is 4.79 Å². The second-order valence-electron chi connectivity index (χ2n) is 4.92. The maximum absolute atomic E-state index is 12.0. The Morgan fingerprint density at radius 3 is 2.68 bits per heavy atom. The van der Waals surface area contributed by atoms with E-state index in [2.05, 4.69) is 5.16 Å². The number of carbonyl (C=O) groups is 1. The highest BCUT2D eigenvalue weighted by molar-refractivity contribution is 6.30. The quantitative estimate of drug-likeness (QED) is 0.533. The summed E-state index contributed by atoms with van der Waals surface area (Å²) in [6, 6.07) is 17.5. The van der Waals surface area contributed by atoms with Gasteiger partial charge in [0.2, 0.25) is 0 Å². The normalized spacial score (nSPS) is 16.1. The van der Waals surface area contributed by atoms with Crippen LogP contribution in [0.4, 0.5) is 0 Å². The van der Waals surface area contributed by atoms with Crippen LogP contribution in [0.15, 0.2) is 76.0 Å². The van der Waals surface area contributed by atoms with E-state index in [1.54, 1.807) is 18.2 Å². The number of hydrogen-bond acceptors (Lipinski definition) is 4. The summed E-state index contributed by atoms with van der Waals surface area (Å²) in [4.78, 5) is 16.8. The topological polar surface area (TPSA) is 51.8 Å². The van der Waals surface area contributed by atoms with Gasteiger partial charge in [0.15, 0.2) is 11.5 Å². The third kappa shape index (κ3) is 2.02. The molecule has 0 amide bonds. The lowest BCUT2D eigenvalue weighted by Crippen LogP contribution is -2.05. The summed E-state index contributed by atoms with van der Waals surface area (Å²) in [6.07, 6.45) is 3.33. The lowest BCUT2D eigenvalue weighted by molar-refractivity contribution is -0.136. The molecule has 0 unspecified atom stereocenters. The number of rotatable bonds is 2. The summed E-state index contributed by atoms with van der Waals surface area (Å²) in [5.74, 6) is 0.0386. The van der Waals surface area contributed by atoms with Crippen molar-refractivity contribution in [3.63, 3.8) is 0 Å². The van der Waals surface area contributed by atoms with Gasteiger partial charge < -0.3 is 9.25 Å². The van der Waals surface area contributed by atoms with Crippen LogP contribution < -0.4 is 0 Å². The van der Waals surface area contributed by atoms with Gasteiger partial charge in [-0.25, -0.2) is 4.79 Å². The molecule has 0 spiro atoms. The second-order valence-corrected chi connectivity index (χ2v) is 4.92. The Hall–Kier alpha value is -3.14. The molecule has 4 rings (SSSR count). The van der Waals surface area contributed by atoms with E-state index in [1.165, 1.54) is 6.26 Å². The Balaban J connectivity index is 1.87. The van der Waals surface area contributed by atoms with Gasteiger partial charge in [-0.15, -0.1) is 0 Å². The fraction of sp³-hybridized carbons (Fsp3) is 0. The average molecular weight is 289 g/mol. The van der Waals surface area contributed by atoms with Gasteiger partial charge in [-0.3, -0.25) is 0 Å². The predicted molar refractivity (Wildman–Crippen MR) is 83.3 cm³/mol. The Kier molecular flexibility index (Phi) is 2.86. The average Bonchev–Trinajstić information content (AvgIpc) is 3.18. The number of fused-ring (bicyclic) bond motifs is 1. The lowest BCUT2D eigenvalue weighted by atomic mass is 10.0. The summed E-state index contributed by atoms with van der Waals surface area (Å²) in [5.41, 5.74) is 1.75. The summed E-state index contributed by atoms with van der Waals surface area (Å²) in [6.45, 7) is 0. The van der Waals surface area contributed by atoms with Crippen LogP contribution in [0, 0.1) is 0 Å². The molecule has 2 aromatic carbocycles. The van der Waals surface area contributed by atoms with Crippen LogP contribution in [-0.4, -0.2) is 11.7 Å². The molecule has 1 aromatic heterocycles. The molecule has 2 heterocycles. The molecule has 0 saturated carbocycles. The largest absolute Gasteiger partial charge is 0.463 e. The van der Waals surface area contributed by atoms with Gasteiger partial charge in [-0.05, 0) is 34.5 Å². The fourth-order valence-corrected chi connectivity index (χ4v) is 2.53. The molecule has 0 atom stereocenters. The number of hydrogen-bond donors (Lipinski definition) is 0. The van der Waals surface area contributed by atoms with E-state index in [1.807, 2.05) is 42.5 Å². The van der Waals surface area contributed by atoms with Gasteiger partial charge in [-0.2, -0.15) is 0 Å². The SMILES string of the molecule is O=C1ON=C(c2ccco2)/C1=C/c1cccc2ccccc12. The monoisotopic (exact) mass is 289 g/mol. The van der Waals surface area contributed by atoms with Crippen molar-refractivity contribution < 1.29 is 14.0 Å². The van der Waals surface area contributed by atoms with Crippen molar-refractivity contribution in [1.82, 2.24) is 0 Å². The van der Waals surface area contributed by atoms with Gasteiger partial charge >= 0.3 is 5.97 Å². The Morgan fingerprint density at radius 2 is 1.82 bits per heavy atom. The van der Waals surface area contributed by atoms with Crippen LogP contribution in [0.1, 0.15) is 11.3 Å². The smallest absolute Gasteiger partial charge is 0.368 e. The highest BCUT2D eigenvalue weighted by Gasteiger charge is 2.28. The molecule has 1 aliphatic rings. The van der Waals surface area contributed by atoms with Crippen molar-refractivity contribution in [1.29, 1.82) is 0 Å². The molecule has 3 aromatic rings. The zero-order valence-corrected chi connectivity index (χ0v) is 11.5. The van der Waals surface area contributed by atoms with Crippen molar-refractivity contribution in [3.05, 3.63) is 77.8 Å². The van der Waals surface area contributed by atoms with Gasteiger partial charge in [0.25, 0.3) is 0 Å². The third-order valence-electron chi connectivity index (χ3n) is 3.57. The van der Waals surface area contributed by atoms with E-state index >= 15 is 0 Å². The van der Waals surface area contributed by atoms with E-state index in [0.717, 1.165) is 16.3 Å². The Bertz CT molecular complexity index is 915. The van der Waals surface area contributed by atoms with Crippen LogP contribution in [0.5, 0.6) is 0 Å². The maximum Gasteiger partial charge on any atom is 0.368 e. The molecule has 22 heavy (non-hydrogen) atoms. The summed E-state index contributed by atoms with van der Waals surface area (Å²) in [5, 5.41) is 6.00. The van der Waals surface area contributed by atoms with Crippen LogP contribution in [0.25, 0.3) is 16.8 Å². The first-order valence-corrected chi connectivity index (χ1v) is 6.86. The van der Waals surface area contributed by atoms with Crippen LogP contribution >= 0.6 is 0 Å². The lowest BCUT2D eigenvalue weighted by Gasteiger charge is -2.03. The molecule has 0 bridgehead atoms. The standard InChI is InChI=1S/C18H11NO3/c20-18-15(17(19-22-18)16-9-4-10-21-16)11-13-7-3-6-12-5-1-2-8-14(12)13/h1-11H/b15-11-. The maximum atomic E-state index is 12.0. The second kappa shape index (κ2) is 5.00. The Morgan fingerprint density at radius 1 is 0.955 bits per heavy atom. The van der Waals surface area contributed by atoms with Gasteiger partial charge in [0, 0.05) is 0 Å². The van der Waals surface area contributed by atoms with Crippen molar-refractivity contribution in [3.8, 4) is 0 Å². The van der Waals surface area contributed by atoms with Crippen molar-refractivity contribution in [2.75, 3.05) is 0 Å². The minimum atomic E-state index is -0.473. The Labute approximate surface area is 126 Å². The number of oxime groups is 1. The minimum Gasteiger partial charge on any atom is -0.463 e. The number of carbonyl (C=O) groups excluding carboxylic acids is 1. The van der Waals surface area contributed by atoms with Crippen molar-refractivity contribution in [2.24, 2.45) is 5.16 Å². The summed E-state index contributed by atoms with van der Waals surface area (Å²) in [7, 11) is 0. The van der Waals surface area contributed by atoms with Crippen LogP contribution in [-0.2, 0) is 9.63 Å². The number of nitrogens with zero attached hydrogens (tertiary/aromatic N) is 1. The predicted octanol–water partition coefficient (Wildman–Crippen LogP) is 3.78. The molecular formula is C18H11NO3. The van der Waals surface area contributed by atoms with E-state index in [4.69, 9.17) is 9.25 Å².